The second kappa shape index (κ2) is 5.21. The van der Waals surface area contributed by atoms with Gasteiger partial charge in [-0.25, -0.2) is 0 Å². The van der Waals surface area contributed by atoms with E-state index < -0.39 is 0 Å². The average molecular weight is 233 g/mol. The molecule has 0 heterocycles. The molecule has 1 aromatic carbocycles. The summed E-state index contributed by atoms with van der Waals surface area (Å²) in [5, 5.41) is 0. The zero-order valence-corrected chi connectivity index (χ0v) is 10.5. The summed E-state index contributed by atoms with van der Waals surface area (Å²) in [6.45, 7) is 2.24. The van der Waals surface area contributed by atoms with Crippen molar-refractivity contribution in [3.63, 3.8) is 0 Å². The topological polar surface area (TPSA) is 29.5 Å². The molecule has 1 amide bonds. The van der Waals surface area contributed by atoms with Crippen LogP contribution in [-0.2, 0) is 11.2 Å². The Morgan fingerprint density at radius 1 is 1.47 bits per heavy atom. The Morgan fingerprint density at radius 2 is 2.24 bits per heavy atom. The first-order chi connectivity index (χ1) is 8.20. The third-order valence-electron chi connectivity index (χ3n) is 3.16. The highest BCUT2D eigenvalue weighted by molar-refractivity contribution is 5.78. The number of benzene rings is 1. The molecule has 1 aliphatic rings. The van der Waals surface area contributed by atoms with E-state index in [2.05, 4.69) is 13.0 Å². The second-order valence-electron chi connectivity index (χ2n) is 4.53. The van der Waals surface area contributed by atoms with Crippen molar-refractivity contribution >= 4 is 5.91 Å². The maximum Gasteiger partial charge on any atom is 0.260 e. The molecule has 0 atom stereocenters. The van der Waals surface area contributed by atoms with Gasteiger partial charge in [0, 0.05) is 13.1 Å². The third-order valence-corrected chi connectivity index (χ3v) is 3.16. The van der Waals surface area contributed by atoms with E-state index in [0.717, 1.165) is 25.0 Å². The summed E-state index contributed by atoms with van der Waals surface area (Å²) in [6.07, 6.45) is 3.24. The number of nitrogens with zero attached hydrogens (tertiary/aromatic N) is 1. The van der Waals surface area contributed by atoms with Crippen LogP contribution >= 0.6 is 0 Å². The SMILES string of the molecule is CCc1cccc(OCC(=O)N(C)C2CC2)c1. The predicted octanol–water partition coefficient (Wildman–Crippen LogP) is 2.25. The normalized spacial score (nSPS) is 14.5. The first kappa shape index (κ1) is 12.0. The van der Waals surface area contributed by atoms with Crippen molar-refractivity contribution in [2.45, 2.75) is 32.2 Å². The van der Waals surface area contributed by atoms with Crippen LogP contribution in [0.2, 0.25) is 0 Å². The maximum atomic E-state index is 11.8. The maximum absolute atomic E-state index is 11.8. The summed E-state index contributed by atoms with van der Waals surface area (Å²) in [4.78, 5) is 13.5. The standard InChI is InChI=1S/C14H19NO2/c1-3-11-5-4-6-13(9-11)17-10-14(16)15(2)12-7-8-12/h4-6,9,12H,3,7-8,10H2,1-2H3. The van der Waals surface area contributed by atoms with Gasteiger partial charge in [0.15, 0.2) is 6.61 Å². The van der Waals surface area contributed by atoms with E-state index >= 15 is 0 Å². The highest BCUT2D eigenvalue weighted by Crippen LogP contribution is 2.25. The first-order valence-electron chi connectivity index (χ1n) is 6.18. The fourth-order valence-corrected chi connectivity index (χ4v) is 1.77. The zero-order valence-electron chi connectivity index (χ0n) is 10.5. The van der Waals surface area contributed by atoms with Gasteiger partial charge in [0.2, 0.25) is 0 Å². The summed E-state index contributed by atoms with van der Waals surface area (Å²) in [5.74, 6) is 0.844. The van der Waals surface area contributed by atoms with Gasteiger partial charge >= 0.3 is 0 Å². The van der Waals surface area contributed by atoms with Crippen molar-refractivity contribution in [3.8, 4) is 5.75 Å². The summed E-state index contributed by atoms with van der Waals surface area (Å²) in [6, 6.07) is 8.36. The van der Waals surface area contributed by atoms with Gasteiger partial charge in [-0.2, -0.15) is 0 Å². The van der Waals surface area contributed by atoms with Crippen molar-refractivity contribution < 1.29 is 9.53 Å². The largest absolute Gasteiger partial charge is 0.484 e. The predicted molar refractivity (Wildman–Crippen MR) is 67.1 cm³/mol. The Bertz CT molecular complexity index is 399. The van der Waals surface area contributed by atoms with Crippen LogP contribution in [-0.4, -0.2) is 30.5 Å². The number of amides is 1. The van der Waals surface area contributed by atoms with E-state index in [1.54, 1.807) is 4.90 Å². The molecule has 0 radical (unpaired) electrons. The van der Waals surface area contributed by atoms with Gasteiger partial charge in [-0.15, -0.1) is 0 Å². The fraction of sp³-hybridized carbons (Fsp3) is 0.500. The molecule has 0 N–H and O–H groups in total. The molecule has 0 aromatic heterocycles. The minimum Gasteiger partial charge on any atom is -0.484 e. The fourth-order valence-electron chi connectivity index (χ4n) is 1.77. The molecular formula is C14H19NO2. The quantitative estimate of drug-likeness (QED) is 0.780. The Labute approximate surface area is 102 Å². The number of likely N-dealkylation sites (N-methyl/N-ethyl adjacent to an activating group) is 1. The van der Waals surface area contributed by atoms with Crippen LogP contribution in [0.25, 0.3) is 0 Å². The van der Waals surface area contributed by atoms with E-state index in [9.17, 15) is 4.79 Å². The van der Waals surface area contributed by atoms with Crippen LogP contribution in [0.4, 0.5) is 0 Å². The Hall–Kier alpha value is -1.51. The summed E-state index contributed by atoms with van der Waals surface area (Å²) < 4.78 is 5.52. The molecule has 0 spiro atoms. The highest BCUT2D eigenvalue weighted by atomic mass is 16.5. The molecule has 1 aliphatic carbocycles. The number of carbonyl (C=O) groups is 1. The van der Waals surface area contributed by atoms with Crippen molar-refractivity contribution in [1.82, 2.24) is 4.90 Å². The van der Waals surface area contributed by atoms with Crippen molar-refractivity contribution in [2.24, 2.45) is 0 Å². The Kier molecular flexibility index (Phi) is 3.67. The van der Waals surface area contributed by atoms with Crippen LogP contribution in [0, 0.1) is 0 Å². The smallest absolute Gasteiger partial charge is 0.260 e. The molecule has 2 rings (SSSR count). The minimum atomic E-state index is 0.0643. The van der Waals surface area contributed by atoms with E-state index in [-0.39, 0.29) is 12.5 Å². The van der Waals surface area contributed by atoms with Crippen molar-refractivity contribution in [3.05, 3.63) is 29.8 Å². The molecule has 92 valence electrons. The summed E-state index contributed by atoms with van der Waals surface area (Å²) >= 11 is 0. The second-order valence-corrected chi connectivity index (χ2v) is 4.53. The van der Waals surface area contributed by atoms with E-state index in [1.165, 1.54) is 5.56 Å². The van der Waals surface area contributed by atoms with E-state index in [4.69, 9.17) is 4.74 Å². The van der Waals surface area contributed by atoms with Crippen LogP contribution in [0.1, 0.15) is 25.3 Å². The lowest BCUT2D eigenvalue weighted by Crippen LogP contribution is -2.33. The molecule has 1 saturated carbocycles. The molecule has 17 heavy (non-hydrogen) atoms. The molecule has 1 aromatic rings. The van der Waals surface area contributed by atoms with Crippen molar-refractivity contribution in [2.75, 3.05) is 13.7 Å². The molecule has 3 heteroatoms. The van der Waals surface area contributed by atoms with Gasteiger partial charge in [0.1, 0.15) is 5.75 Å². The first-order valence-corrected chi connectivity index (χ1v) is 6.18. The van der Waals surface area contributed by atoms with Crippen LogP contribution in [0.3, 0.4) is 0 Å². The average Bonchev–Trinajstić information content (AvgIpc) is 3.19. The molecule has 0 aliphatic heterocycles. The van der Waals surface area contributed by atoms with Gasteiger partial charge in [-0.05, 0) is 37.0 Å². The monoisotopic (exact) mass is 233 g/mol. The van der Waals surface area contributed by atoms with Gasteiger partial charge in [-0.3, -0.25) is 4.79 Å². The number of rotatable bonds is 5. The summed E-state index contributed by atoms with van der Waals surface area (Å²) in [5.41, 5.74) is 1.23. The molecular weight excluding hydrogens is 214 g/mol. The van der Waals surface area contributed by atoms with Gasteiger partial charge in [0.25, 0.3) is 5.91 Å². The number of carbonyl (C=O) groups excluding carboxylic acids is 1. The lowest BCUT2D eigenvalue weighted by atomic mass is 10.2. The van der Waals surface area contributed by atoms with Gasteiger partial charge < -0.3 is 9.64 Å². The molecule has 1 fully saturated rings. The number of aryl methyl sites for hydroxylation is 1. The third kappa shape index (κ3) is 3.22. The zero-order chi connectivity index (χ0) is 12.3. The Morgan fingerprint density at radius 3 is 2.88 bits per heavy atom. The van der Waals surface area contributed by atoms with Crippen molar-refractivity contribution in [1.29, 1.82) is 0 Å². The molecule has 0 saturated heterocycles. The number of hydrogen-bond donors (Lipinski definition) is 0. The lowest BCUT2D eigenvalue weighted by molar-refractivity contribution is -0.132. The van der Waals surface area contributed by atoms with Crippen LogP contribution < -0.4 is 4.74 Å². The Balaban J connectivity index is 1.85. The summed E-state index contributed by atoms with van der Waals surface area (Å²) in [7, 11) is 1.85. The van der Waals surface area contributed by atoms with Gasteiger partial charge in [-0.1, -0.05) is 19.1 Å². The van der Waals surface area contributed by atoms with Gasteiger partial charge in [0.05, 0.1) is 0 Å². The highest BCUT2D eigenvalue weighted by Gasteiger charge is 2.29. The molecule has 3 nitrogen and oxygen atoms in total. The molecule has 0 bridgehead atoms. The van der Waals surface area contributed by atoms with Crippen LogP contribution in [0.5, 0.6) is 5.75 Å². The van der Waals surface area contributed by atoms with E-state index in [0.29, 0.717) is 6.04 Å². The molecule has 0 unspecified atom stereocenters. The number of hydrogen-bond acceptors (Lipinski definition) is 2. The van der Waals surface area contributed by atoms with Crippen LogP contribution in [0.15, 0.2) is 24.3 Å². The van der Waals surface area contributed by atoms with E-state index in [1.807, 2.05) is 25.2 Å². The number of ether oxygens (including phenoxy) is 1. The lowest BCUT2D eigenvalue weighted by Gasteiger charge is -2.16. The minimum absolute atomic E-state index is 0.0643.